The Bertz CT molecular complexity index is 153. The van der Waals surface area contributed by atoms with Crippen LogP contribution in [0.25, 0.3) is 0 Å². The van der Waals surface area contributed by atoms with E-state index in [0.717, 1.165) is 6.42 Å². The topological polar surface area (TPSA) is 39.4 Å². The summed E-state index contributed by atoms with van der Waals surface area (Å²) in [6, 6.07) is 0. The van der Waals surface area contributed by atoms with Crippen molar-refractivity contribution in [2.45, 2.75) is 67.7 Å². The van der Waals surface area contributed by atoms with Crippen molar-refractivity contribution in [1.29, 1.82) is 0 Å². The van der Waals surface area contributed by atoms with Gasteiger partial charge in [-0.1, -0.05) is 61.3 Å². The Kier molecular flexibility index (Phi) is 29.2. The van der Waals surface area contributed by atoms with Gasteiger partial charge in [-0.05, 0) is 49.4 Å². The first kappa shape index (κ1) is 30.2. The van der Waals surface area contributed by atoms with E-state index in [1.165, 1.54) is 42.4 Å². The van der Waals surface area contributed by atoms with E-state index in [1.54, 1.807) is 6.42 Å². The molecule has 0 spiro atoms. The Balaban J connectivity index is -0.000000116. The summed E-state index contributed by atoms with van der Waals surface area (Å²) < 4.78 is 0. The summed E-state index contributed by atoms with van der Waals surface area (Å²) in [7, 11) is 0. The third-order valence-corrected chi connectivity index (χ3v) is 3.65. The second kappa shape index (κ2) is 21.3. The largest absolute Gasteiger partial charge is 2.00 e. The molecule has 0 aromatic heterocycles. The molecule has 0 aliphatic heterocycles. The summed E-state index contributed by atoms with van der Waals surface area (Å²) in [6.07, 6.45) is 7.29. The van der Waals surface area contributed by atoms with Crippen molar-refractivity contribution in [3.63, 3.8) is 0 Å². The molecule has 1 saturated carbocycles. The van der Waals surface area contributed by atoms with Gasteiger partial charge in [-0.25, -0.2) is 0 Å². The molecule has 0 bridgehead atoms. The third kappa shape index (κ3) is 13.9. The number of nitroso groups, excluding NO2 is 1. The van der Waals surface area contributed by atoms with Gasteiger partial charge in [0, 0.05) is 0 Å². The first-order valence-corrected chi connectivity index (χ1v) is 7.46. The summed E-state index contributed by atoms with van der Waals surface area (Å²) in [5.74, 6) is 7.34. The van der Waals surface area contributed by atoms with Crippen molar-refractivity contribution in [2.75, 3.05) is 0 Å². The summed E-state index contributed by atoms with van der Waals surface area (Å²) in [5, 5.41) is 0. The maximum Gasteiger partial charge on any atom is 2.00 e. The fourth-order valence-corrected chi connectivity index (χ4v) is 1.66. The van der Waals surface area contributed by atoms with E-state index < -0.39 is 0 Å². The second-order valence-corrected chi connectivity index (χ2v) is 4.90. The molecule has 22 heavy (non-hydrogen) atoms. The van der Waals surface area contributed by atoms with Gasteiger partial charge in [0.15, 0.2) is 0 Å². The van der Waals surface area contributed by atoms with E-state index in [2.05, 4.69) is 55.4 Å². The zero-order chi connectivity index (χ0) is 17.4. The minimum absolute atomic E-state index is 0. The van der Waals surface area contributed by atoms with Gasteiger partial charge in [-0.2, -0.15) is 6.42 Å². The SMILES string of the molecule is C[C]1[C](C)[C](C)[C](C)[C]1C.[CH2-]CCCC.[CH2][CH][CH]C.[N]=O.[W+2]. The van der Waals surface area contributed by atoms with E-state index in [9.17, 15) is 0 Å². The normalized spacial score (nSPS) is 16.4. The van der Waals surface area contributed by atoms with Crippen molar-refractivity contribution >= 4 is 0 Å². The molecule has 0 atom stereocenters. The molecule has 1 aliphatic carbocycles. The number of nitrogens with zero attached hydrogens (tertiary/aromatic N) is 1. The van der Waals surface area contributed by atoms with Gasteiger partial charge in [-0.15, -0.1) is 4.91 Å². The number of hydrogen-bond acceptors (Lipinski definition) is 1. The van der Waals surface area contributed by atoms with Crippen LogP contribution in [0.3, 0.4) is 0 Å². The van der Waals surface area contributed by atoms with Gasteiger partial charge in [0.2, 0.25) is 0 Å². The quantitative estimate of drug-likeness (QED) is 0.477. The summed E-state index contributed by atoms with van der Waals surface area (Å²) in [5.41, 5.74) is 5.75. The standard InChI is InChI=1S/C10H15.C5H11.C4H7.NO.W/c1-6-7(2)9(4)10(5)8(6)3;1-3-5-4-2;1-3-4-2;1-2;/h1-5H3;1,3-5H2,2H3;3-4H,1H2,2H3;;/q;-1;;;+2. The summed E-state index contributed by atoms with van der Waals surface area (Å²) >= 11 is 0. The third-order valence-electron chi connectivity index (χ3n) is 3.65. The van der Waals surface area contributed by atoms with E-state index in [-0.39, 0.29) is 21.1 Å². The summed E-state index contributed by atoms with van der Waals surface area (Å²) in [6.45, 7) is 22.2. The average molecular weight is 475 g/mol. The zero-order valence-corrected chi connectivity index (χ0v) is 18.4. The molecule has 0 N–H and O–H groups in total. The van der Waals surface area contributed by atoms with Gasteiger partial charge < -0.3 is 6.92 Å². The van der Waals surface area contributed by atoms with Gasteiger partial charge in [0.25, 0.3) is 0 Å². The fourth-order valence-electron chi connectivity index (χ4n) is 1.66. The molecule has 1 rings (SSSR count). The Labute approximate surface area is 155 Å². The molecular formula is C19H33NOW+. The van der Waals surface area contributed by atoms with Gasteiger partial charge in [0.05, 0.1) is 0 Å². The van der Waals surface area contributed by atoms with Crippen LogP contribution in [0.1, 0.15) is 67.7 Å². The molecule has 125 valence electrons. The van der Waals surface area contributed by atoms with Crippen LogP contribution in [-0.2, 0) is 21.1 Å². The minimum Gasteiger partial charge on any atom is -0.343 e. The van der Waals surface area contributed by atoms with Crippen LogP contribution in [0, 0.1) is 61.2 Å². The number of unbranched alkanes of at least 4 members (excludes halogenated alkanes) is 3. The Morgan fingerprint density at radius 3 is 1.23 bits per heavy atom. The first-order valence-electron chi connectivity index (χ1n) is 7.46. The predicted octanol–water partition coefficient (Wildman–Crippen LogP) is 5.78. The molecule has 0 aromatic carbocycles. The van der Waals surface area contributed by atoms with Crippen molar-refractivity contribution in [1.82, 2.24) is 5.59 Å². The van der Waals surface area contributed by atoms with Gasteiger partial charge >= 0.3 is 21.1 Å². The first-order chi connectivity index (χ1) is 9.88. The van der Waals surface area contributed by atoms with Crippen LogP contribution in [0.2, 0.25) is 0 Å². The van der Waals surface area contributed by atoms with Crippen molar-refractivity contribution in [2.24, 2.45) is 0 Å². The number of rotatable bonds is 3. The molecule has 2 nitrogen and oxygen atoms in total. The monoisotopic (exact) mass is 475 g/mol. The average Bonchev–Trinajstić information content (AvgIpc) is 2.69. The van der Waals surface area contributed by atoms with Crippen LogP contribution in [0.5, 0.6) is 0 Å². The summed E-state index contributed by atoms with van der Waals surface area (Å²) in [4.78, 5) is 7.25. The molecule has 0 saturated heterocycles. The van der Waals surface area contributed by atoms with Crippen LogP contribution < -0.4 is 5.59 Å². The Hall–Kier alpha value is 0.288. The van der Waals surface area contributed by atoms with Crippen LogP contribution in [0.15, 0.2) is 0 Å². The molecule has 0 unspecified atom stereocenters. The van der Waals surface area contributed by atoms with Crippen LogP contribution in [-0.4, -0.2) is 0 Å². The molecule has 1 aliphatic rings. The maximum atomic E-state index is 7.25. The minimum atomic E-state index is 0. The molecule has 3 heteroatoms. The predicted molar refractivity (Wildman–Crippen MR) is 94.6 cm³/mol. The fraction of sp³-hybridized carbons (Fsp3) is 0.526. The molecule has 0 aromatic rings. The van der Waals surface area contributed by atoms with Crippen molar-refractivity contribution in [3.8, 4) is 0 Å². The number of hydrogen-bond donors (Lipinski definition) is 0. The van der Waals surface area contributed by atoms with Gasteiger partial charge in [0.1, 0.15) is 5.59 Å². The van der Waals surface area contributed by atoms with Crippen molar-refractivity contribution < 1.29 is 21.1 Å². The van der Waals surface area contributed by atoms with Crippen LogP contribution in [0.4, 0.5) is 0 Å². The Morgan fingerprint density at radius 2 is 1.18 bits per heavy atom. The molecule has 0 amide bonds. The second-order valence-electron chi connectivity index (χ2n) is 4.90. The molecule has 0 heterocycles. The maximum absolute atomic E-state index is 7.25. The smallest absolute Gasteiger partial charge is 0.343 e. The molecular weight excluding hydrogens is 442 g/mol. The Morgan fingerprint density at radius 1 is 0.955 bits per heavy atom. The zero-order valence-electron chi connectivity index (χ0n) is 15.5. The van der Waals surface area contributed by atoms with E-state index >= 15 is 0 Å². The van der Waals surface area contributed by atoms with Crippen LogP contribution >= 0.6 is 0 Å². The molecule has 1 fully saturated rings. The van der Waals surface area contributed by atoms with E-state index in [0.29, 0.717) is 0 Å². The van der Waals surface area contributed by atoms with E-state index in [1.807, 2.05) is 13.3 Å². The van der Waals surface area contributed by atoms with Crippen molar-refractivity contribution in [3.05, 3.63) is 61.2 Å². The van der Waals surface area contributed by atoms with Gasteiger partial charge in [-0.3, -0.25) is 0 Å². The van der Waals surface area contributed by atoms with E-state index in [4.69, 9.17) is 10.5 Å². The molecule has 9 radical (unpaired) electrons.